The van der Waals surface area contributed by atoms with Crippen LogP contribution < -0.4 is 5.32 Å². The molecule has 0 bridgehead atoms. The molecule has 0 amide bonds. The topological polar surface area (TPSA) is 12.0 Å². The van der Waals surface area contributed by atoms with Crippen LogP contribution in [0.4, 0.5) is 5.69 Å². The van der Waals surface area contributed by atoms with Gasteiger partial charge in [-0.15, -0.1) is 11.3 Å². The zero-order valence-electron chi connectivity index (χ0n) is 8.88. The minimum Gasteiger partial charge on any atom is -0.381 e. The van der Waals surface area contributed by atoms with Gasteiger partial charge in [-0.25, -0.2) is 0 Å². The van der Waals surface area contributed by atoms with Crippen LogP contribution in [-0.4, -0.2) is 6.04 Å². The number of anilines is 1. The van der Waals surface area contributed by atoms with Crippen LogP contribution >= 0.6 is 11.3 Å². The molecule has 0 aliphatic heterocycles. The molecule has 1 saturated carbocycles. The van der Waals surface area contributed by atoms with Crippen LogP contribution in [0.15, 0.2) is 10.8 Å². The number of rotatable bonds is 2. The molecule has 14 heavy (non-hydrogen) atoms. The van der Waals surface area contributed by atoms with Crippen LogP contribution in [0.2, 0.25) is 0 Å². The molecule has 0 spiro atoms. The summed E-state index contributed by atoms with van der Waals surface area (Å²) >= 11 is 1.80. The van der Waals surface area contributed by atoms with Crippen molar-refractivity contribution in [2.75, 3.05) is 5.32 Å². The molecule has 2 rings (SSSR count). The average Bonchev–Trinajstić information content (AvgIpc) is 2.44. The van der Waals surface area contributed by atoms with Gasteiger partial charge in [-0.05, 0) is 30.7 Å². The molecule has 1 aliphatic rings. The first kappa shape index (κ1) is 10.0. The van der Waals surface area contributed by atoms with E-state index in [0.717, 1.165) is 6.04 Å². The molecule has 2 heteroatoms. The molecule has 1 nitrogen and oxygen atoms in total. The average molecular weight is 209 g/mol. The van der Waals surface area contributed by atoms with Crippen LogP contribution in [0.1, 0.15) is 44.1 Å². The SMILES string of the molecule is Cc1cscc1NC1CCCCCC1. The van der Waals surface area contributed by atoms with Gasteiger partial charge in [-0.3, -0.25) is 0 Å². The fourth-order valence-electron chi connectivity index (χ4n) is 2.15. The minimum absolute atomic E-state index is 0.728. The Kier molecular flexibility index (Phi) is 3.46. The molecule has 1 aromatic rings. The first-order chi connectivity index (χ1) is 6.86. The molecule has 0 atom stereocenters. The van der Waals surface area contributed by atoms with E-state index < -0.39 is 0 Å². The zero-order valence-corrected chi connectivity index (χ0v) is 9.70. The van der Waals surface area contributed by atoms with Gasteiger partial charge in [0.2, 0.25) is 0 Å². The molecule has 1 fully saturated rings. The Morgan fingerprint density at radius 3 is 2.43 bits per heavy atom. The molecule has 0 saturated heterocycles. The van der Waals surface area contributed by atoms with E-state index in [1.165, 1.54) is 49.8 Å². The summed E-state index contributed by atoms with van der Waals surface area (Å²) in [5.41, 5.74) is 2.76. The molecule has 78 valence electrons. The van der Waals surface area contributed by atoms with Gasteiger partial charge < -0.3 is 5.32 Å². The molecule has 1 aromatic heterocycles. The third kappa shape index (κ3) is 2.50. The van der Waals surface area contributed by atoms with Crippen molar-refractivity contribution in [3.8, 4) is 0 Å². The Morgan fingerprint density at radius 1 is 1.14 bits per heavy atom. The van der Waals surface area contributed by atoms with Crippen LogP contribution in [0.25, 0.3) is 0 Å². The van der Waals surface area contributed by atoms with Crippen LogP contribution in [0.3, 0.4) is 0 Å². The maximum atomic E-state index is 3.68. The van der Waals surface area contributed by atoms with Crippen molar-refractivity contribution in [1.29, 1.82) is 0 Å². The van der Waals surface area contributed by atoms with E-state index in [-0.39, 0.29) is 0 Å². The number of nitrogens with one attached hydrogen (secondary N) is 1. The van der Waals surface area contributed by atoms with E-state index in [1.807, 2.05) is 0 Å². The highest BCUT2D eigenvalue weighted by atomic mass is 32.1. The van der Waals surface area contributed by atoms with Gasteiger partial charge in [0.1, 0.15) is 0 Å². The summed E-state index contributed by atoms with van der Waals surface area (Å²) in [4.78, 5) is 0. The van der Waals surface area contributed by atoms with Crippen molar-refractivity contribution in [1.82, 2.24) is 0 Å². The smallest absolute Gasteiger partial charge is 0.0480 e. The molecule has 1 heterocycles. The molecule has 1 aliphatic carbocycles. The number of hydrogen-bond acceptors (Lipinski definition) is 2. The van der Waals surface area contributed by atoms with E-state index in [9.17, 15) is 0 Å². The number of hydrogen-bond donors (Lipinski definition) is 1. The maximum Gasteiger partial charge on any atom is 0.0480 e. The Labute approximate surface area is 90.5 Å². The predicted molar refractivity (Wildman–Crippen MR) is 64.2 cm³/mol. The second-order valence-corrected chi connectivity index (χ2v) is 5.04. The summed E-state index contributed by atoms with van der Waals surface area (Å²) < 4.78 is 0. The van der Waals surface area contributed by atoms with Crippen molar-refractivity contribution in [3.63, 3.8) is 0 Å². The molecule has 0 unspecified atom stereocenters. The van der Waals surface area contributed by atoms with Gasteiger partial charge in [0.25, 0.3) is 0 Å². The van der Waals surface area contributed by atoms with Crippen LogP contribution in [0, 0.1) is 6.92 Å². The van der Waals surface area contributed by atoms with Crippen molar-refractivity contribution in [3.05, 3.63) is 16.3 Å². The largest absolute Gasteiger partial charge is 0.381 e. The number of aryl methyl sites for hydroxylation is 1. The van der Waals surface area contributed by atoms with Gasteiger partial charge in [0.05, 0.1) is 0 Å². The lowest BCUT2D eigenvalue weighted by Gasteiger charge is -2.17. The van der Waals surface area contributed by atoms with Crippen LogP contribution in [-0.2, 0) is 0 Å². The summed E-state index contributed by atoms with van der Waals surface area (Å²) in [5, 5.41) is 8.14. The number of thiophene rings is 1. The van der Waals surface area contributed by atoms with E-state index in [2.05, 4.69) is 23.0 Å². The third-order valence-corrected chi connectivity index (χ3v) is 3.93. The lowest BCUT2D eigenvalue weighted by molar-refractivity contribution is 0.620. The lowest BCUT2D eigenvalue weighted by atomic mass is 10.1. The molecule has 1 N–H and O–H groups in total. The summed E-state index contributed by atoms with van der Waals surface area (Å²) in [6, 6.07) is 0.728. The molecule has 0 aromatic carbocycles. The fraction of sp³-hybridized carbons (Fsp3) is 0.667. The molecular formula is C12H19NS. The summed E-state index contributed by atoms with van der Waals surface area (Å²) in [7, 11) is 0. The van der Waals surface area contributed by atoms with E-state index in [1.54, 1.807) is 11.3 Å². The lowest BCUT2D eigenvalue weighted by Crippen LogP contribution is -2.18. The van der Waals surface area contributed by atoms with Gasteiger partial charge in [0, 0.05) is 17.1 Å². The van der Waals surface area contributed by atoms with Gasteiger partial charge in [-0.1, -0.05) is 25.7 Å². The zero-order chi connectivity index (χ0) is 9.80. The van der Waals surface area contributed by atoms with Crippen molar-refractivity contribution >= 4 is 17.0 Å². The maximum absolute atomic E-state index is 3.68. The molecule has 0 radical (unpaired) electrons. The highest BCUT2D eigenvalue weighted by molar-refractivity contribution is 7.08. The second-order valence-electron chi connectivity index (χ2n) is 4.30. The summed E-state index contributed by atoms with van der Waals surface area (Å²) in [6.45, 7) is 2.19. The Hall–Kier alpha value is -0.500. The standard InChI is InChI=1S/C12H19NS/c1-10-8-14-9-12(10)13-11-6-4-2-3-5-7-11/h8-9,11,13H,2-7H2,1H3. The Balaban J connectivity index is 1.92. The minimum atomic E-state index is 0.728. The third-order valence-electron chi connectivity index (χ3n) is 3.07. The summed E-state index contributed by atoms with van der Waals surface area (Å²) in [6.07, 6.45) is 8.38. The van der Waals surface area contributed by atoms with Crippen molar-refractivity contribution in [2.45, 2.75) is 51.5 Å². The van der Waals surface area contributed by atoms with Crippen molar-refractivity contribution in [2.24, 2.45) is 0 Å². The quantitative estimate of drug-likeness (QED) is 0.720. The van der Waals surface area contributed by atoms with E-state index in [0.29, 0.717) is 0 Å². The first-order valence-corrected chi connectivity index (χ1v) is 6.60. The van der Waals surface area contributed by atoms with Crippen molar-refractivity contribution < 1.29 is 0 Å². The monoisotopic (exact) mass is 209 g/mol. The van der Waals surface area contributed by atoms with Gasteiger partial charge in [-0.2, -0.15) is 0 Å². The predicted octanol–water partition coefficient (Wildman–Crippen LogP) is 4.19. The van der Waals surface area contributed by atoms with Crippen LogP contribution in [0.5, 0.6) is 0 Å². The summed E-state index contributed by atoms with van der Waals surface area (Å²) in [5.74, 6) is 0. The first-order valence-electron chi connectivity index (χ1n) is 5.65. The van der Waals surface area contributed by atoms with E-state index in [4.69, 9.17) is 0 Å². The van der Waals surface area contributed by atoms with E-state index >= 15 is 0 Å². The Bertz CT molecular complexity index is 272. The highest BCUT2D eigenvalue weighted by Crippen LogP contribution is 2.25. The fourth-order valence-corrected chi connectivity index (χ4v) is 2.94. The normalized spacial score (nSPS) is 19.2. The second kappa shape index (κ2) is 4.83. The van der Waals surface area contributed by atoms with Gasteiger partial charge >= 0.3 is 0 Å². The Morgan fingerprint density at radius 2 is 1.86 bits per heavy atom. The van der Waals surface area contributed by atoms with Gasteiger partial charge in [0.15, 0.2) is 0 Å². The molecular weight excluding hydrogens is 190 g/mol. The highest BCUT2D eigenvalue weighted by Gasteiger charge is 2.12.